The van der Waals surface area contributed by atoms with Gasteiger partial charge in [0.05, 0.1) is 6.61 Å². The summed E-state index contributed by atoms with van der Waals surface area (Å²) in [6.45, 7) is 6.13. The van der Waals surface area contributed by atoms with Crippen LogP contribution in [0.25, 0.3) is 0 Å². The lowest BCUT2D eigenvalue weighted by atomic mass is 9.78. The van der Waals surface area contributed by atoms with Gasteiger partial charge in [0.25, 0.3) is 0 Å². The van der Waals surface area contributed by atoms with E-state index in [9.17, 15) is 9.90 Å². The second-order valence-electron chi connectivity index (χ2n) is 7.79. The Morgan fingerprint density at radius 2 is 2.17 bits per heavy atom. The van der Waals surface area contributed by atoms with Crippen molar-refractivity contribution < 1.29 is 14.6 Å². The molecule has 1 aliphatic rings. The molecule has 2 N–H and O–H groups in total. The minimum Gasteiger partial charge on any atom is -0.444 e. The van der Waals surface area contributed by atoms with Crippen LogP contribution in [-0.4, -0.2) is 30.0 Å². The first-order chi connectivity index (χ1) is 10.8. The maximum Gasteiger partial charge on any atom is 0.407 e. The van der Waals surface area contributed by atoms with E-state index in [0.29, 0.717) is 12.5 Å². The summed E-state index contributed by atoms with van der Waals surface area (Å²) in [5.41, 5.74) is 0.556. The number of thiophene rings is 1. The Morgan fingerprint density at radius 3 is 2.70 bits per heavy atom. The molecule has 5 heteroatoms. The Labute approximate surface area is 143 Å². The second-order valence-corrected chi connectivity index (χ2v) is 8.57. The Kier molecular flexibility index (Phi) is 6.09. The van der Waals surface area contributed by atoms with Crippen molar-refractivity contribution in [2.45, 2.75) is 58.5 Å². The number of aliphatic hydroxyl groups excluding tert-OH is 1. The summed E-state index contributed by atoms with van der Waals surface area (Å²) in [5.74, 6) is 0.699. The van der Waals surface area contributed by atoms with Crippen LogP contribution in [0.4, 0.5) is 4.79 Å². The highest BCUT2D eigenvalue weighted by atomic mass is 32.1. The summed E-state index contributed by atoms with van der Waals surface area (Å²) in [6, 6.07) is 2.13. The van der Waals surface area contributed by atoms with Crippen molar-refractivity contribution in [3.05, 3.63) is 22.4 Å². The van der Waals surface area contributed by atoms with E-state index < -0.39 is 11.7 Å². The van der Waals surface area contributed by atoms with Crippen molar-refractivity contribution in [1.82, 2.24) is 5.32 Å². The number of hydrogen-bond donors (Lipinski definition) is 2. The van der Waals surface area contributed by atoms with Gasteiger partial charge in [-0.05, 0) is 68.3 Å². The molecule has 0 bridgehead atoms. The number of alkyl carbamates (subject to hydrolysis) is 1. The van der Waals surface area contributed by atoms with E-state index in [-0.39, 0.29) is 12.0 Å². The van der Waals surface area contributed by atoms with E-state index >= 15 is 0 Å². The van der Waals surface area contributed by atoms with Crippen molar-refractivity contribution in [3.63, 3.8) is 0 Å². The topological polar surface area (TPSA) is 58.6 Å². The molecule has 23 heavy (non-hydrogen) atoms. The zero-order valence-corrected chi connectivity index (χ0v) is 15.2. The molecule has 1 atom stereocenters. The number of rotatable bonds is 8. The molecule has 2 rings (SSSR count). The fourth-order valence-electron chi connectivity index (χ4n) is 2.81. The summed E-state index contributed by atoms with van der Waals surface area (Å²) in [6.07, 6.45) is 4.88. The molecule has 0 aliphatic heterocycles. The minimum absolute atomic E-state index is 0.101. The highest BCUT2D eigenvalue weighted by molar-refractivity contribution is 7.07. The van der Waals surface area contributed by atoms with Crippen LogP contribution in [0.1, 0.15) is 52.0 Å². The zero-order valence-electron chi connectivity index (χ0n) is 14.4. The summed E-state index contributed by atoms with van der Waals surface area (Å²) in [5, 5.41) is 17.1. The van der Waals surface area contributed by atoms with Crippen molar-refractivity contribution in [2.24, 2.45) is 11.3 Å². The maximum absolute atomic E-state index is 11.9. The van der Waals surface area contributed by atoms with Crippen molar-refractivity contribution in [2.75, 3.05) is 13.2 Å². The van der Waals surface area contributed by atoms with Crippen LogP contribution in [0.5, 0.6) is 0 Å². The van der Waals surface area contributed by atoms with Crippen molar-refractivity contribution in [3.8, 4) is 0 Å². The van der Waals surface area contributed by atoms with Gasteiger partial charge in [0, 0.05) is 12.0 Å². The largest absolute Gasteiger partial charge is 0.444 e. The Balaban J connectivity index is 1.93. The van der Waals surface area contributed by atoms with Crippen LogP contribution in [0.15, 0.2) is 16.8 Å². The highest BCUT2D eigenvalue weighted by Crippen LogP contribution is 2.42. The molecular weight excluding hydrogens is 310 g/mol. The molecule has 0 spiro atoms. The number of amides is 1. The van der Waals surface area contributed by atoms with Crippen molar-refractivity contribution >= 4 is 17.4 Å². The molecule has 1 saturated carbocycles. The van der Waals surface area contributed by atoms with Crippen LogP contribution < -0.4 is 5.32 Å². The Morgan fingerprint density at radius 1 is 1.43 bits per heavy atom. The molecule has 1 amide bonds. The van der Waals surface area contributed by atoms with Crippen LogP contribution in [0.3, 0.4) is 0 Å². The quantitative estimate of drug-likeness (QED) is 0.753. The SMILES string of the molecule is CC(C)(C)OC(=O)NCC(CO)(CCc1ccsc1)CC1CC1. The van der Waals surface area contributed by atoms with Gasteiger partial charge in [-0.2, -0.15) is 11.3 Å². The summed E-state index contributed by atoms with van der Waals surface area (Å²) in [4.78, 5) is 11.9. The zero-order chi connectivity index (χ0) is 16.9. The van der Waals surface area contributed by atoms with E-state index in [1.165, 1.54) is 18.4 Å². The second kappa shape index (κ2) is 7.67. The molecule has 1 fully saturated rings. The number of carbonyl (C=O) groups excluding carboxylic acids is 1. The number of aryl methyl sites for hydroxylation is 1. The van der Waals surface area contributed by atoms with Crippen molar-refractivity contribution in [1.29, 1.82) is 0 Å². The standard InChI is InChI=1S/C18H29NO3S/c1-17(2,3)22-16(21)19-12-18(13-20,10-14-4-5-14)8-6-15-7-9-23-11-15/h7,9,11,14,20H,4-6,8,10,12-13H2,1-3H3,(H,19,21). The molecule has 1 aromatic heterocycles. The molecule has 1 unspecified atom stereocenters. The van der Waals surface area contributed by atoms with Gasteiger partial charge < -0.3 is 15.2 Å². The number of hydrogen-bond acceptors (Lipinski definition) is 4. The maximum atomic E-state index is 11.9. The molecule has 4 nitrogen and oxygen atoms in total. The molecule has 1 aliphatic carbocycles. The molecule has 0 radical (unpaired) electrons. The smallest absolute Gasteiger partial charge is 0.407 e. The number of ether oxygens (including phenoxy) is 1. The molecule has 0 saturated heterocycles. The Bertz CT molecular complexity index is 491. The summed E-state index contributed by atoms with van der Waals surface area (Å²) >= 11 is 1.70. The lowest BCUT2D eigenvalue weighted by Gasteiger charge is -2.33. The lowest BCUT2D eigenvalue weighted by molar-refractivity contribution is 0.0438. The third-order valence-electron chi connectivity index (χ3n) is 4.28. The van der Waals surface area contributed by atoms with E-state index in [1.54, 1.807) is 11.3 Å². The van der Waals surface area contributed by atoms with E-state index in [1.807, 2.05) is 20.8 Å². The number of nitrogens with one attached hydrogen (secondary N) is 1. The van der Waals surface area contributed by atoms with Gasteiger partial charge in [-0.1, -0.05) is 12.8 Å². The third kappa shape index (κ3) is 6.51. The van der Waals surface area contributed by atoms with Crippen LogP contribution in [-0.2, 0) is 11.2 Å². The molecule has 1 heterocycles. The average molecular weight is 340 g/mol. The number of aliphatic hydroxyl groups is 1. The predicted octanol–water partition coefficient (Wildman–Crippen LogP) is 3.98. The van der Waals surface area contributed by atoms with Gasteiger partial charge in [0.2, 0.25) is 0 Å². The fourth-order valence-corrected chi connectivity index (χ4v) is 3.52. The number of carbonyl (C=O) groups is 1. The van der Waals surface area contributed by atoms with Gasteiger partial charge in [-0.15, -0.1) is 0 Å². The monoisotopic (exact) mass is 339 g/mol. The van der Waals surface area contributed by atoms with Gasteiger partial charge >= 0.3 is 6.09 Å². The average Bonchev–Trinajstić information content (AvgIpc) is 3.11. The molecular formula is C18H29NO3S. The van der Waals surface area contributed by atoms with Gasteiger partial charge in [0.15, 0.2) is 0 Å². The molecule has 130 valence electrons. The molecule has 0 aromatic carbocycles. The first kappa shape index (κ1) is 18.3. The first-order valence-corrected chi connectivity index (χ1v) is 9.35. The van der Waals surface area contributed by atoms with Gasteiger partial charge in [-0.25, -0.2) is 4.79 Å². The normalized spacial score (nSPS) is 17.6. The van der Waals surface area contributed by atoms with E-state index in [0.717, 1.165) is 19.3 Å². The summed E-state index contributed by atoms with van der Waals surface area (Å²) in [7, 11) is 0. The van der Waals surface area contributed by atoms with Crippen LogP contribution >= 0.6 is 11.3 Å². The van der Waals surface area contributed by atoms with Crippen LogP contribution in [0.2, 0.25) is 0 Å². The van der Waals surface area contributed by atoms with E-state index in [2.05, 4.69) is 22.1 Å². The molecule has 1 aromatic rings. The van der Waals surface area contributed by atoms with Gasteiger partial charge in [-0.3, -0.25) is 0 Å². The van der Waals surface area contributed by atoms with Gasteiger partial charge in [0.1, 0.15) is 5.60 Å². The fraction of sp³-hybridized carbons (Fsp3) is 0.722. The highest BCUT2D eigenvalue weighted by Gasteiger charge is 2.37. The lowest BCUT2D eigenvalue weighted by Crippen LogP contribution is -2.43. The third-order valence-corrected chi connectivity index (χ3v) is 5.02. The first-order valence-electron chi connectivity index (χ1n) is 8.41. The minimum atomic E-state index is -0.501. The Hall–Kier alpha value is -1.07. The van der Waals surface area contributed by atoms with Crippen LogP contribution in [0, 0.1) is 11.3 Å². The summed E-state index contributed by atoms with van der Waals surface area (Å²) < 4.78 is 5.32. The van der Waals surface area contributed by atoms with E-state index in [4.69, 9.17) is 4.74 Å². The predicted molar refractivity (Wildman–Crippen MR) is 93.7 cm³/mol.